The van der Waals surface area contributed by atoms with E-state index in [9.17, 15) is 4.79 Å². The van der Waals surface area contributed by atoms with Crippen molar-refractivity contribution in [3.63, 3.8) is 0 Å². The molecule has 1 aliphatic rings. The zero-order chi connectivity index (χ0) is 22.9. The van der Waals surface area contributed by atoms with Gasteiger partial charge < -0.3 is 25.0 Å². The van der Waals surface area contributed by atoms with Crippen LogP contribution in [-0.4, -0.2) is 64.2 Å². The molecule has 32 heavy (non-hydrogen) atoms. The number of nitrogens with one attached hydrogen (secondary N) is 2. The maximum Gasteiger partial charge on any atom is 0.251 e. The molecule has 0 aromatic heterocycles. The lowest BCUT2D eigenvalue weighted by molar-refractivity contribution is 0.0963. The van der Waals surface area contributed by atoms with Gasteiger partial charge in [0.15, 0.2) is 5.96 Å². The van der Waals surface area contributed by atoms with E-state index in [0.29, 0.717) is 18.0 Å². The summed E-state index contributed by atoms with van der Waals surface area (Å²) in [5, 5.41) is 6.10. The highest BCUT2D eigenvalue weighted by atomic mass is 16.5. The largest absolute Gasteiger partial charge is 0.497 e. The van der Waals surface area contributed by atoms with E-state index < -0.39 is 0 Å². The number of rotatable bonds is 8. The monoisotopic (exact) mass is 438 g/mol. The average molecular weight is 439 g/mol. The molecule has 0 saturated carbocycles. The zero-order valence-corrected chi connectivity index (χ0v) is 19.5. The molecule has 1 unspecified atom stereocenters. The highest BCUT2D eigenvalue weighted by Crippen LogP contribution is 2.32. The maximum atomic E-state index is 11.9. The van der Waals surface area contributed by atoms with Crippen LogP contribution in [-0.2, 0) is 6.42 Å². The van der Waals surface area contributed by atoms with Crippen LogP contribution in [0.1, 0.15) is 40.7 Å². The summed E-state index contributed by atoms with van der Waals surface area (Å²) in [4.78, 5) is 19.0. The van der Waals surface area contributed by atoms with Gasteiger partial charge in [-0.3, -0.25) is 9.79 Å². The van der Waals surface area contributed by atoms with Gasteiger partial charge in [-0.15, -0.1) is 0 Å². The summed E-state index contributed by atoms with van der Waals surface area (Å²) in [6.45, 7) is 5.41. The summed E-state index contributed by atoms with van der Waals surface area (Å²) in [6, 6.07) is 13.8. The number of carbonyl (C=O) groups excluding carboxylic acids is 1. The first kappa shape index (κ1) is 23.4. The molecule has 0 radical (unpaired) electrons. The molecule has 1 atom stereocenters. The highest BCUT2D eigenvalue weighted by molar-refractivity contribution is 5.94. The summed E-state index contributed by atoms with van der Waals surface area (Å²) in [7, 11) is 5.01. The quantitative estimate of drug-likeness (QED) is 0.489. The summed E-state index contributed by atoms with van der Waals surface area (Å²) in [5.41, 5.74) is 3.01. The van der Waals surface area contributed by atoms with E-state index in [-0.39, 0.29) is 5.91 Å². The second-order valence-corrected chi connectivity index (χ2v) is 7.84. The van der Waals surface area contributed by atoms with Gasteiger partial charge in [0.1, 0.15) is 11.5 Å². The fourth-order valence-corrected chi connectivity index (χ4v) is 4.02. The number of carbonyl (C=O) groups is 1. The van der Waals surface area contributed by atoms with Crippen LogP contribution in [0.15, 0.2) is 47.5 Å². The third-order valence-corrected chi connectivity index (χ3v) is 5.75. The van der Waals surface area contributed by atoms with Crippen LogP contribution in [0.5, 0.6) is 11.5 Å². The molecule has 0 bridgehead atoms. The normalized spacial score (nSPS) is 16.1. The number of likely N-dealkylation sites (tertiary alicyclic amines) is 1. The molecule has 1 amide bonds. The van der Waals surface area contributed by atoms with E-state index in [2.05, 4.69) is 34.6 Å². The van der Waals surface area contributed by atoms with Crippen molar-refractivity contribution in [2.75, 3.05) is 47.4 Å². The standard InChI is InChI=1S/C25H34N4O3/c1-5-27-25(28-11-9-18-7-6-8-19(13-18)24(30)26-2)29-12-10-20(17-29)21-14-22(31-3)16-23(15-21)32-4/h6-8,13-16,20H,5,9-12,17H2,1-4H3,(H,26,30)(H,27,28). The average Bonchev–Trinajstić information content (AvgIpc) is 3.33. The summed E-state index contributed by atoms with van der Waals surface area (Å²) >= 11 is 0. The Kier molecular flexibility index (Phi) is 8.36. The van der Waals surface area contributed by atoms with Crippen molar-refractivity contribution in [1.29, 1.82) is 0 Å². The number of nitrogens with zero attached hydrogens (tertiary/aromatic N) is 2. The Labute approximate surface area is 190 Å². The molecule has 2 N–H and O–H groups in total. The van der Waals surface area contributed by atoms with Crippen molar-refractivity contribution in [1.82, 2.24) is 15.5 Å². The topological polar surface area (TPSA) is 75.2 Å². The lowest BCUT2D eigenvalue weighted by atomic mass is 9.98. The zero-order valence-electron chi connectivity index (χ0n) is 19.5. The summed E-state index contributed by atoms with van der Waals surface area (Å²) in [5.74, 6) is 2.90. The van der Waals surface area contributed by atoms with Crippen LogP contribution < -0.4 is 20.1 Å². The lowest BCUT2D eigenvalue weighted by Gasteiger charge is -2.22. The van der Waals surface area contributed by atoms with Gasteiger partial charge in [-0.05, 0) is 55.2 Å². The van der Waals surface area contributed by atoms with Crippen LogP contribution in [0.3, 0.4) is 0 Å². The molecule has 7 heteroatoms. The molecule has 1 heterocycles. The number of guanidine groups is 1. The van der Waals surface area contributed by atoms with Crippen LogP contribution >= 0.6 is 0 Å². The van der Waals surface area contributed by atoms with Crippen LogP contribution in [0.2, 0.25) is 0 Å². The van der Waals surface area contributed by atoms with Crippen LogP contribution in [0.25, 0.3) is 0 Å². The van der Waals surface area contributed by atoms with Gasteiger partial charge in [-0.1, -0.05) is 12.1 Å². The first-order valence-corrected chi connectivity index (χ1v) is 11.1. The Hall–Kier alpha value is -3.22. The van der Waals surface area contributed by atoms with Crippen molar-refractivity contribution >= 4 is 11.9 Å². The molecule has 1 fully saturated rings. The van der Waals surface area contributed by atoms with Gasteiger partial charge in [-0.25, -0.2) is 0 Å². The van der Waals surface area contributed by atoms with Crippen LogP contribution in [0, 0.1) is 0 Å². The molecule has 1 saturated heterocycles. The number of hydrogen-bond acceptors (Lipinski definition) is 4. The van der Waals surface area contributed by atoms with Gasteiger partial charge in [-0.2, -0.15) is 0 Å². The number of hydrogen-bond donors (Lipinski definition) is 2. The molecule has 2 aromatic rings. The molecule has 0 aliphatic carbocycles. The number of aliphatic imine (C=N–C) groups is 1. The number of benzene rings is 2. The Morgan fingerprint density at radius 2 is 1.91 bits per heavy atom. The Morgan fingerprint density at radius 3 is 2.56 bits per heavy atom. The van der Waals surface area contributed by atoms with E-state index in [1.54, 1.807) is 21.3 Å². The summed E-state index contributed by atoms with van der Waals surface area (Å²) in [6.07, 6.45) is 1.83. The number of ether oxygens (including phenoxy) is 2. The maximum absolute atomic E-state index is 11.9. The molecular formula is C25H34N4O3. The third-order valence-electron chi connectivity index (χ3n) is 5.75. The Balaban J connectivity index is 1.66. The Morgan fingerprint density at radius 1 is 1.16 bits per heavy atom. The van der Waals surface area contributed by atoms with E-state index in [1.165, 1.54) is 5.56 Å². The van der Waals surface area contributed by atoms with Crippen molar-refractivity contribution in [2.24, 2.45) is 4.99 Å². The number of amides is 1. The lowest BCUT2D eigenvalue weighted by Crippen LogP contribution is -2.40. The van der Waals surface area contributed by atoms with Crippen molar-refractivity contribution < 1.29 is 14.3 Å². The van der Waals surface area contributed by atoms with E-state index in [4.69, 9.17) is 14.5 Å². The summed E-state index contributed by atoms with van der Waals surface area (Å²) < 4.78 is 10.9. The van der Waals surface area contributed by atoms with Gasteiger partial charge in [0, 0.05) is 50.8 Å². The molecule has 172 valence electrons. The van der Waals surface area contributed by atoms with E-state index in [0.717, 1.165) is 55.5 Å². The minimum atomic E-state index is -0.0685. The van der Waals surface area contributed by atoms with E-state index >= 15 is 0 Å². The van der Waals surface area contributed by atoms with Gasteiger partial charge in [0.2, 0.25) is 0 Å². The van der Waals surface area contributed by atoms with Crippen LogP contribution in [0.4, 0.5) is 0 Å². The predicted molar refractivity (Wildman–Crippen MR) is 128 cm³/mol. The first-order valence-electron chi connectivity index (χ1n) is 11.1. The third kappa shape index (κ3) is 5.93. The second-order valence-electron chi connectivity index (χ2n) is 7.84. The second kappa shape index (κ2) is 11.4. The minimum Gasteiger partial charge on any atom is -0.497 e. The SMILES string of the molecule is CCNC(=NCCc1cccc(C(=O)NC)c1)N1CCC(c2cc(OC)cc(OC)c2)C1. The van der Waals surface area contributed by atoms with Crippen molar-refractivity contribution in [2.45, 2.75) is 25.7 Å². The Bertz CT molecular complexity index is 922. The fraction of sp³-hybridized carbons (Fsp3) is 0.440. The highest BCUT2D eigenvalue weighted by Gasteiger charge is 2.27. The minimum absolute atomic E-state index is 0.0685. The van der Waals surface area contributed by atoms with Gasteiger partial charge in [0.05, 0.1) is 14.2 Å². The molecule has 1 aliphatic heterocycles. The molecule has 3 rings (SSSR count). The van der Waals surface area contributed by atoms with Gasteiger partial charge in [0.25, 0.3) is 5.91 Å². The molecule has 7 nitrogen and oxygen atoms in total. The van der Waals surface area contributed by atoms with E-state index in [1.807, 2.05) is 30.3 Å². The predicted octanol–water partition coefficient (Wildman–Crippen LogP) is 3.06. The molecular weight excluding hydrogens is 404 g/mol. The first-order chi connectivity index (χ1) is 15.6. The van der Waals surface area contributed by atoms with Crippen molar-refractivity contribution in [3.8, 4) is 11.5 Å². The van der Waals surface area contributed by atoms with Crippen molar-refractivity contribution in [3.05, 3.63) is 59.2 Å². The van der Waals surface area contributed by atoms with Gasteiger partial charge >= 0.3 is 0 Å². The molecule has 0 spiro atoms. The fourth-order valence-electron chi connectivity index (χ4n) is 4.02. The molecule has 2 aromatic carbocycles. The number of methoxy groups -OCH3 is 2. The smallest absolute Gasteiger partial charge is 0.251 e.